The van der Waals surface area contributed by atoms with E-state index in [1.165, 1.54) is 69.8 Å². The summed E-state index contributed by atoms with van der Waals surface area (Å²) in [5.74, 6) is 1.69. The molecule has 0 amide bonds. The number of carbonyl (C=O) groups excluding carboxylic acids is 1. The number of ether oxygens (including phenoxy) is 1. The Bertz CT molecular complexity index is 1150. The highest BCUT2D eigenvalue weighted by Gasteiger charge is 2.69. The number of carboxylic acid groups (broad SMARTS) is 1. The van der Waals surface area contributed by atoms with Crippen molar-refractivity contribution in [3.05, 3.63) is 11.6 Å². The Hall–Kier alpha value is -1.32. The zero-order valence-corrected chi connectivity index (χ0v) is 31.9. The Morgan fingerprint density at radius 3 is 2.06 bits per heavy atom. The lowest BCUT2D eigenvalue weighted by Gasteiger charge is -2.71. The van der Waals surface area contributed by atoms with Crippen LogP contribution < -0.4 is 0 Å². The second kappa shape index (κ2) is 14.1. The quantitative estimate of drug-likeness (QED) is 0.122. The number of hydrogen-bond acceptors (Lipinski definition) is 3. The van der Waals surface area contributed by atoms with Gasteiger partial charge < -0.3 is 9.84 Å². The van der Waals surface area contributed by atoms with Crippen LogP contribution in [0.3, 0.4) is 0 Å². The number of hydrogen-bond donors (Lipinski definition) is 1. The van der Waals surface area contributed by atoms with E-state index in [9.17, 15) is 14.7 Å². The lowest BCUT2D eigenvalue weighted by atomic mass is 9.33. The maximum Gasteiger partial charge on any atom is 0.310 e. The van der Waals surface area contributed by atoms with Crippen LogP contribution in [0.2, 0.25) is 0 Å². The zero-order valence-electron chi connectivity index (χ0n) is 31.9. The van der Waals surface area contributed by atoms with Crippen molar-refractivity contribution >= 4 is 11.9 Å². The number of fused-ring (bicyclic) bond motifs is 7. The third-order valence-corrected chi connectivity index (χ3v) is 16.4. The molecule has 4 fully saturated rings. The first-order chi connectivity index (χ1) is 22.2. The standard InChI is InChI=1S/C43H72O4/c1-9-10-11-12-13-14-15-16-17-18-19-36(44)47-35-24-25-40(6)33(39(35,4)5)23-26-42(8)34(40)21-20-32-37-31(3)30(2)22-27-43(37,38(45)46)29-28-41(32,42)7/h20,30-31,33-35,37H,9-19,21-29H2,1-8H3,(H,45,46)/t30-,31+,33+,34-,35+,37+,40+,41-,42-,43+/m1/s1. The molecule has 0 aliphatic heterocycles. The molecule has 4 heteroatoms. The molecule has 0 saturated heterocycles. The SMILES string of the molecule is CCCCCCCCCCCCC(=O)O[C@H]1CC[C@]2(C)[C@H]3CC=C4[C@@H]5[C@@H](C)[C@H](C)CC[C@]5(C(=O)O)CC[C@@]4(C)[C@]3(C)CC[C@H]2C1(C)C. The first-order valence-electron chi connectivity index (χ1n) is 20.3. The summed E-state index contributed by atoms with van der Waals surface area (Å²) in [7, 11) is 0. The maximum absolute atomic E-state index is 13.1. The van der Waals surface area contributed by atoms with Gasteiger partial charge in [-0.25, -0.2) is 0 Å². The summed E-state index contributed by atoms with van der Waals surface area (Å²) in [6.45, 7) is 19.5. The molecule has 268 valence electrons. The van der Waals surface area contributed by atoms with Gasteiger partial charge in [0.2, 0.25) is 0 Å². The average molecular weight is 653 g/mol. The second-order valence-corrected chi connectivity index (χ2v) is 18.9. The minimum atomic E-state index is -0.584. The van der Waals surface area contributed by atoms with Gasteiger partial charge in [-0.2, -0.15) is 0 Å². The van der Waals surface area contributed by atoms with E-state index in [0.717, 1.165) is 57.8 Å². The van der Waals surface area contributed by atoms with Crippen LogP contribution in [-0.2, 0) is 14.3 Å². The number of carbonyl (C=O) groups is 2. The van der Waals surface area contributed by atoms with Gasteiger partial charge >= 0.3 is 11.9 Å². The Morgan fingerprint density at radius 2 is 1.43 bits per heavy atom. The van der Waals surface area contributed by atoms with E-state index in [-0.39, 0.29) is 39.7 Å². The molecule has 5 rings (SSSR count). The van der Waals surface area contributed by atoms with Gasteiger partial charge in [0.25, 0.3) is 0 Å². The van der Waals surface area contributed by atoms with Crippen LogP contribution in [0.1, 0.15) is 184 Å². The van der Waals surface area contributed by atoms with Gasteiger partial charge in [0, 0.05) is 11.8 Å². The Kier molecular flexibility index (Phi) is 11.1. The molecule has 0 aromatic heterocycles. The molecule has 1 N–H and O–H groups in total. The molecule has 0 aromatic carbocycles. The molecule has 0 radical (unpaired) electrons. The fourth-order valence-electron chi connectivity index (χ4n) is 13.0. The molecule has 0 unspecified atom stereocenters. The highest BCUT2D eigenvalue weighted by atomic mass is 16.5. The van der Waals surface area contributed by atoms with Crippen molar-refractivity contribution in [2.75, 3.05) is 0 Å². The molecule has 4 saturated carbocycles. The predicted octanol–water partition coefficient (Wildman–Crippen LogP) is 12.0. The van der Waals surface area contributed by atoms with Crippen LogP contribution in [0.5, 0.6) is 0 Å². The molecule has 4 nitrogen and oxygen atoms in total. The highest BCUT2D eigenvalue weighted by molar-refractivity contribution is 5.76. The summed E-state index contributed by atoms with van der Waals surface area (Å²) < 4.78 is 6.36. The number of unbranched alkanes of at least 4 members (excludes halogenated alkanes) is 9. The summed E-state index contributed by atoms with van der Waals surface area (Å²) in [5.41, 5.74) is 1.27. The number of rotatable bonds is 13. The van der Waals surface area contributed by atoms with E-state index in [4.69, 9.17) is 4.74 Å². The minimum Gasteiger partial charge on any atom is -0.481 e. The summed E-state index contributed by atoms with van der Waals surface area (Å²) in [6, 6.07) is 0. The summed E-state index contributed by atoms with van der Waals surface area (Å²) in [4.78, 5) is 26.1. The molecule has 0 spiro atoms. The fraction of sp³-hybridized carbons (Fsp3) is 0.907. The van der Waals surface area contributed by atoms with Crippen molar-refractivity contribution in [3.63, 3.8) is 0 Å². The van der Waals surface area contributed by atoms with E-state index >= 15 is 0 Å². The average Bonchev–Trinajstić information content (AvgIpc) is 3.01. The van der Waals surface area contributed by atoms with Crippen molar-refractivity contribution in [3.8, 4) is 0 Å². The van der Waals surface area contributed by atoms with Crippen LogP contribution in [0.15, 0.2) is 11.6 Å². The van der Waals surface area contributed by atoms with Crippen molar-refractivity contribution in [2.24, 2.45) is 56.7 Å². The highest BCUT2D eigenvalue weighted by Crippen LogP contribution is 2.75. The molecule has 10 atom stereocenters. The Balaban J connectivity index is 1.23. The van der Waals surface area contributed by atoms with E-state index in [0.29, 0.717) is 30.1 Å². The van der Waals surface area contributed by atoms with Crippen molar-refractivity contribution in [1.82, 2.24) is 0 Å². The lowest BCUT2D eigenvalue weighted by molar-refractivity contribution is -0.214. The molecule has 47 heavy (non-hydrogen) atoms. The van der Waals surface area contributed by atoms with Crippen molar-refractivity contribution in [2.45, 2.75) is 190 Å². The number of allylic oxidation sites excluding steroid dienone is 2. The van der Waals surface area contributed by atoms with E-state index < -0.39 is 11.4 Å². The van der Waals surface area contributed by atoms with Gasteiger partial charge in [-0.1, -0.05) is 125 Å². The first-order valence-corrected chi connectivity index (χ1v) is 20.3. The number of esters is 1. The predicted molar refractivity (Wildman–Crippen MR) is 193 cm³/mol. The topological polar surface area (TPSA) is 63.6 Å². The third-order valence-electron chi connectivity index (χ3n) is 16.4. The van der Waals surface area contributed by atoms with Crippen LogP contribution in [0.4, 0.5) is 0 Å². The van der Waals surface area contributed by atoms with E-state index in [2.05, 4.69) is 61.5 Å². The molecule has 5 aliphatic rings. The van der Waals surface area contributed by atoms with Crippen molar-refractivity contribution in [1.29, 1.82) is 0 Å². The zero-order chi connectivity index (χ0) is 34.3. The summed E-state index contributed by atoms with van der Waals surface area (Å²) >= 11 is 0. The second-order valence-electron chi connectivity index (χ2n) is 18.9. The smallest absolute Gasteiger partial charge is 0.310 e. The van der Waals surface area contributed by atoms with Gasteiger partial charge in [-0.3, -0.25) is 9.59 Å². The maximum atomic E-state index is 13.1. The van der Waals surface area contributed by atoms with Crippen LogP contribution in [-0.4, -0.2) is 23.1 Å². The normalized spacial score (nSPS) is 42.3. The Morgan fingerprint density at radius 1 is 0.787 bits per heavy atom. The van der Waals surface area contributed by atoms with Crippen LogP contribution in [0, 0.1) is 56.7 Å². The van der Waals surface area contributed by atoms with Gasteiger partial charge in [-0.05, 0) is 110 Å². The molecule has 0 heterocycles. The molecular weight excluding hydrogens is 580 g/mol. The van der Waals surface area contributed by atoms with Gasteiger partial charge in [0.05, 0.1) is 5.41 Å². The van der Waals surface area contributed by atoms with Crippen molar-refractivity contribution < 1.29 is 19.4 Å². The first kappa shape index (κ1) is 36.9. The van der Waals surface area contributed by atoms with E-state index in [1.807, 2.05) is 0 Å². The van der Waals surface area contributed by atoms with Gasteiger partial charge in [0.15, 0.2) is 0 Å². The Labute approximate surface area is 289 Å². The summed E-state index contributed by atoms with van der Waals surface area (Å²) in [6.07, 6.45) is 25.1. The monoisotopic (exact) mass is 653 g/mol. The third kappa shape index (κ3) is 6.30. The fourth-order valence-corrected chi connectivity index (χ4v) is 13.0. The molecule has 0 bridgehead atoms. The molecule has 5 aliphatic carbocycles. The van der Waals surface area contributed by atoms with Gasteiger partial charge in [0.1, 0.15) is 6.10 Å². The van der Waals surface area contributed by atoms with Gasteiger partial charge in [-0.15, -0.1) is 0 Å². The van der Waals surface area contributed by atoms with Crippen LogP contribution >= 0.6 is 0 Å². The minimum absolute atomic E-state index is 0.00118. The lowest BCUT2D eigenvalue weighted by Crippen LogP contribution is -2.65. The number of carboxylic acids is 1. The molecular formula is C43H72O4. The van der Waals surface area contributed by atoms with E-state index in [1.54, 1.807) is 0 Å². The summed E-state index contributed by atoms with van der Waals surface area (Å²) in [5, 5.41) is 10.7. The largest absolute Gasteiger partial charge is 0.481 e. The molecule has 0 aromatic rings. The van der Waals surface area contributed by atoms with Crippen LogP contribution in [0.25, 0.3) is 0 Å². The number of aliphatic carboxylic acids is 1.